The maximum atomic E-state index is 12.1. The Morgan fingerprint density at radius 3 is 2.44 bits per heavy atom. The van der Waals surface area contributed by atoms with Gasteiger partial charge in [-0.2, -0.15) is 0 Å². The van der Waals surface area contributed by atoms with E-state index in [9.17, 15) is 19.7 Å². The maximum Gasteiger partial charge on any atom is 0.269 e. The molecule has 2 amide bonds. The molecule has 0 aliphatic carbocycles. The van der Waals surface area contributed by atoms with Crippen molar-refractivity contribution >= 4 is 17.5 Å². The number of para-hydroxylation sites is 1. The first-order chi connectivity index (χ1) is 12.9. The first-order valence-corrected chi connectivity index (χ1v) is 8.37. The van der Waals surface area contributed by atoms with Crippen molar-refractivity contribution in [1.29, 1.82) is 0 Å². The molecule has 142 valence electrons. The summed E-state index contributed by atoms with van der Waals surface area (Å²) in [4.78, 5) is 34.2. The molecule has 0 fully saturated rings. The zero-order chi connectivity index (χ0) is 19.8. The van der Waals surface area contributed by atoms with Crippen molar-refractivity contribution in [1.82, 2.24) is 10.6 Å². The summed E-state index contributed by atoms with van der Waals surface area (Å²) in [6.45, 7) is 2.01. The summed E-state index contributed by atoms with van der Waals surface area (Å²) in [5, 5.41) is 16.1. The lowest BCUT2D eigenvalue weighted by atomic mass is 10.1. The van der Waals surface area contributed by atoms with Crippen LogP contribution in [-0.4, -0.2) is 30.4 Å². The van der Waals surface area contributed by atoms with Gasteiger partial charge in [-0.05, 0) is 25.1 Å². The third-order valence-corrected chi connectivity index (χ3v) is 3.96. The Morgan fingerprint density at radius 1 is 1.15 bits per heavy atom. The van der Waals surface area contributed by atoms with Crippen molar-refractivity contribution in [2.75, 3.05) is 13.7 Å². The monoisotopic (exact) mass is 371 g/mol. The summed E-state index contributed by atoms with van der Waals surface area (Å²) >= 11 is 0. The van der Waals surface area contributed by atoms with Crippen LogP contribution in [0.25, 0.3) is 0 Å². The van der Waals surface area contributed by atoms with Crippen LogP contribution in [0.4, 0.5) is 5.69 Å². The van der Waals surface area contributed by atoms with Crippen LogP contribution in [0.15, 0.2) is 48.5 Å². The number of non-ortho nitro benzene ring substituents is 1. The van der Waals surface area contributed by atoms with Crippen LogP contribution in [0.2, 0.25) is 0 Å². The van der Waals surface area contributed by atoms with Crippen LogP contribution in [0.5, 0.6) is 5.75 Å². The third kappa shape index (κ3) is 5.53. The van der Waals surface area contributed by atoms with Gasteiger partial charge >= 0.3 is 0 Å². The summed E-state index contributed by atoms with van der Waals surface area (Å²) < 4.78 is 5.28. The van der Waals surface area contributed by atoms with Gasteiger partial charge in [0.15, 0.2) is 0 Å². The van der Waals surface area contributed by atoms with Crippen LogP contribution in [0, 0.1) is 10.1 Å². The Balaban J connectivity index is 1.81. The fourth-order valence-corrected chi connectivity index (χ4v) is 2.54. The molecule has 2 N–H and O–H groups in total. The van der Waals surface area contributed by atoms with Gasteiger partial charge in [-0.3, -0.25) is 19.7 Å². The summed E-state index contributed by atoms with van der Waals surface area (Å²) in [5.41, 5.74) is 1.07. The molecule has 0 saturated carbocycles. The van der Waals surface area contributed by atoms with Gasteiger partial charge in [-0.1, -0.05) is 18.2 Å². The van der Waals surface area contributed by atoms with Crippen LogP contribution in [0.3, 0.4) is 0 Å². The molecule has 0 saturated heterocycles. The number of ether oxygens (including phenoxy) is 1. The summed E-state index contributed by atoms with van der Waals surface area (Å²) in [7, 11) is 1.57. The second kappa shape index (κ2) is 9.33. The third-order valence-electron chi connectivity index (χ3n) is 3.96. The van der Waals surface area contributed by atoms with Crippen molar-refractivity contribution in [3.63, 3.8) is 0 Å². The van der Waals surface area contributed by atoms with Crippen LogP contribution in [0.1, 0.15) is 35.3 Å². The Labute approximate surface area is 156 Å². The number of nitro groups is 1. The molecular formula is C19H21N3O5. The highest BCUT2D eigenvalue weighted by atomic mass is 16.6. The highest BCUT2D eigenvalue weighted by Crippen LogP contribution is 2.24. The topological polar surface area (TPSA) is 111 Å². The lowest BCUT2D eigenvalue weighted by molar-refractivity contribution is -0.384. The Kier molecular flexibility index (Phi) is 6.87. The van der Waals surface area contributed by atoms with E-state index in [-0.39, 0.29) is 30.6 Å². The standard InChI is InChI=1S/C19H21N3O5/c1-13(16-5-3-4-6-17(16)27-2)21-18(23)11-12-20-19(24)14-7-9-15(10-8-14)22(25)26/h3-10,13H,11-12H2,1-2H3,(H,20,24)(H,21,23). The summed E-state index contributed by atoms with van der Waals surface area (Å²) in [5.74, 6) is 0.0876. The average molecular weight is 371 g/mol. The van der Waals surface area contributed by atoms with Crippen molar-refractivity contribution < 1.29 is 19.2 Å². The molecule has 0 heterocycles. The molecular weight excluding hydrogens is 350 g/mol. The molecule has 0 spiro atoms. The van der Waals surface area contributed by atoms with Crippen LogP contribution in [-0.2, 0) is 4.79 Å². The van der Waals surface area contributed by atoms with E-state index < -0.39 is 10.8 Å². The second-order valence-electron chi connectivity index (χ2n) is 5.84. The van der Waals surface area contributed by atoms with E-state index in [1.807, 2.05) is 31.2 Å². The van der Waals surface area contributed by atoms with Gasteiger partial charge in [0.05, 0.1) is 18.1 Å². The minimum absolute atomic E-state index is 0.0868. The number of carbonyl (C=O) groups is 2. The number of nitrogens with one attached hydrogen (secondary N) is 2. The van der Waals surface area contributed by atoms with Crippen molar-refractivity contribution in [3.05, 3.63) is 69.8 Å². The summed E-state index contributed by atoms with van der Waals surface area (Å²) in [6, 6.07) is 12.4. The molecule has 2 aromatic rings. The predicted octanol–water partition coefficient (Wildman–Crippen LogP) is 2.60. The number of nitrogens with zero attached hydrogens (tertiary/aromatic N) is 1. The number of nitro benzene ring substituents is 1. The van der Waals surface area contributed by atoms with Crippen molar-refractivity contribution in [3.8, 4) is 5.75 Å². The summed E-state index contributed by atoms with van der Waals surface area (Å²) in [6.07, 6.45) is 0.109. The maximum absolute atomic E-state index is 12.1. The van der Waals surface area contributed by atoms with Gasteiger partial charge in [-0.15, -0.1) is 0 Å². The zero-order valence-electron chi connectivity index (χ0n) is 15.1. The highest BCUT2D eigenvalue weighted by molar-refractivity contribution is 5.94. The molecule has 0 aromatic heterocycles. The van der Waals surface area contributed by atoms with Gasteiger partial charge in [0, 0.05) is 36.2 Å². The van der Waals surface area contributed by atoms with E-state index in [2.05, 4.69) is 10.6 Å². The molecule has 8 heteroatoms. The normalized spacial score (nSPS) is 11.3. The van der Waals surface area contributed by atoms with Gasteiger partial charge in [0.1, 0.15) is 5.75 Å². The van der Waals surface area contributed by atoms with Crippen molar-refractivity contribution in [2.45, 2.75) is 19.4 Å². The fraction of sp³-hybridized carbons (Fsp3) is 0.263. The lowest BCUT2D eigenvalue weighted by Crippen LogP contribution is -2.32. The SMILES string of the molecule is COc1ccccc1C(C)NC(=O)CCNC(=O)c1ccc([N+](=O)[O-])cc1. The average Bonchev–Trinajstić information content (AvgIpc) is 2.67. The van der Waals surface area contributed by atoms with Crippen LogP contribution >= 0.6 is 0 Å². The molecule has 0 aliphatic rings. The van der Waals surface area contributed by atoms with E-state index in [4.69, 9.17) is 4.74 Å². The molecule has 2 aromatic carbocycles. The molecule has 27 heavy (non-hydrogen) atoms. The van der Waals surface area contributed by atoms with E-state index in [1.54, 1.807) is 7.11 Å². The number of methoxy groups -OCH3 is 1. The first kappa shape index (κ1) is 19.9. The number of carbonyl (C=O) groups excluding carboxylic acids is 2. The van der Waals surface area contributed by atoms with E-state index in [1.165, 1.54) is 24.3 Å². The molecule has 0 bridgehead atoms. The number of amides is 2. The van der Waals surface area contributed by atoms with E-state index >= 15 is 0 Å². The first-order valence-electron chi connectivity index (χ1n) is 8.37. The number of hydrogen-bond donors (Lipinski definition) is 2. The molecule has 0 aliphatic heterocycles. The minimum Gasteiger partial charge on any atom is -0.496 e. The second-order valence-corrected chi connectivity index (χ2v) is 5.84. The molecule has 1 unspecified atom stereocenters. The van der Waals surface area contributed by atoms with Gasteiger partial charge in [0.25, 0.3) is 11.6 Å². The molecule has 2 rings (SSSR count). The smallest absolute Gasteiger partial charge is 0.269 e. The Bertz CT molecular complexity index is 820. The van der Waals surface area contributed by atoms with E-state index in [0.29, 0.717) is 11.3 Å². The van der Waals surface area contributed by atoms with E-state index in [0.717, 1.165) is 5.56 Å². The van der Waals surface area contributed by atoms with Crippen LogP contribution < -0.4 is 15.4 Å². The largest absolute Gasteiger partial charge is 0.496 e. The molecule has 8 nitrogen and oxygen atoms in total. The molecule has 0 radical (unpaired) electrons. The van der Waals surface area contributed by atoms with Crippen molar-refractivity contribution in [2.24, 2.45) is 0 Å². The highest BCUT2D eigenvalue weighted by Gasteiger charge is 2.14. The number of rotatable bonds is 8. The van der Waals surface area contributed by atoms with Gasteiger partial charge in [-0.25, -0.2) is 0 Å². The quantitative estimate of drug-likeness (QED) is 0.547. The predicted molar refractivity (Wildman–Crippen MR) is 99.6 cm³/mol. The number of benzene rings is 2. The minimum atomic E-state index is -0.533. The fourth-order valence-electron chi connectivity index (χ4n) is 2.54. The molecule has 1 atom stereocenters. The lowest BCUT2D eigenvalue weighted by Gasteiger charge is -2.17. The Hall–Kier alpha value is -3.42. The van der Waals surface area contributed by atoms with Gasteiger partial charge in [0.2, 0.25) is 5.91 Å². The zero-order valence-corrected chi connectivity index (χ0v) is 15.1. The number of hydrogen-bond acceptors (Lipinski definition) is 5. The van der Waals surface area contributed by atoms with Gasteiger partial charge < -0.3 is 15.4 Å². The Morgan fingerprint density at radius 2 is 1.81 bits per heavy atom.